The van der Waals surface area contributed by atoms with Gasteiger partial charge in [-0.25, -0.2) is 0 Å². The molecule has 21 heavy (non-hydrogen) atoms. The van der Waals surface area contributed by atoms with Gasteiger partial charge in [0, 0.05) is 0 Å². The Morgan fingerprint density at radius 1 is 0.857 bits per heavy atom. The van der Waals surface area contributed by atoms with Crippen LogP contribution in [0, 0.1) is 17.8 Å². The number of hydrogen-bond donors (Lipinski definition) is 1. The summed E-state index contributed by atoms with van der Waals surface area (Å²) in [6.07, 6.45) is 13.1. The van der Waals surface area contributed by atoms with Crippen LogP contribution in [0.15, 0.2) is 12.7 Å². The second-order valence-corrected chi connectivity index (χ2v) is 7.92. The summed E-state index contributed by atoms with van der Waals surface area (Å²) in [5.74, 6) is 2.52. The Bertz CT molecular complexity index is 255. The van der Waals surface area contributed by atoms with Gasteiger partial charge in [0.25, 0.3) is 0 Å². The smallest absolute Gasteiger partial charge is 0.0797 e. The van der Waals surface area contributed by atoms with Crippen LogP contribution in [0.1, 0.15) is 92.4 Å². The molecule has 3 atom stereocenters. The Hall–Kier alpha value is -0.300. The maximum absolute atomic E-state index is 9.89. The molecule has 0 saturated heterocycles. The lowest BCUT2D eigenvalue weighted by atomic mass is 9.90. The molecule has 0 saturated carbocycles. The van der Waals surface area contributed by atoms with Crippen LogP contribution < -0.4 is 0 Å². The van der Waals surface area contributed by atoms with Crippen LogP contribution in [-0.2, 0) is 0 Å². The van der Waals surface area contributed by atoms with E-state index >= 15 is 0 Å². The predicted molar refractivity (Wildman–Crippen MR) is 95.5 cm³/mol. The van der Waals surface area contributed by atoms with Crippen molar-refractivity contribution >= 4 is 0 Å². The highest BCUT2D eigenvalue weighted by Gasteiger charge is 2.15. The van der Waals surface area contributed by atoms with Crippen LogP contribution in [-0.4, -0.2) is 10.7 Å². The summed E-state index contributed by atoms with van der Waals surface area (Å²) in [6.45, 7) is 14.9. The molecule has 0 aliphatic rings. The Balaban J connectivity index is 3.56. The third-order valence-corrected chi connectivity index (χ3v) is 4.69. The van der Waals surface area contributed by atoms with Gasteiger partial charge < -0.3 is 5.11 Å². The zero-order valence-corrected chi connectivity index (χ0v) is 15.3. The maximum atomic E-state index is 9.89. The van der Waals surface area contributed by atoms with Crippen LogP contribution in [0.5, 0.6) is 0 Å². The minimum atomic E-state index is -0.676. The van der Waals surface area contributed by atoms with Gasteiger partial charge in [-0.15, -0.1) is 6.58 Å². The molecule has 0 aromatic rings. The summed E-state index contributed by atoms with van der Waals surface area (Å²) in [6, 6.07) is 0. The third kappa shape index (κ3) is 13.1. The zero-order valence-electron chi connectivity index (χ0n) is 15.3. The fourth-order valence-electron chi connectivity index (χ4n) is 2.89. The predicted octanol–water partition coefficient (Wildman–Crippen LogP) is 6.36. The molecule has 1 N–H and O–H groups in total. The molecule has 0 spiro atoms. The Morgan fingerprint density at radius 2 is 1.29 bits per heavy atom. The van der Waals surface area contributed by atoms with Gasteiger partial charge in [-0.1, -0.05) is 85.1 Å². The molecule has 0 fully saturated rings. The van der Waals surface area contributed by atoms with Crippen molar-refractivity contribution in [2.24, 2.45) is 17.8 Å². The van der Waals surface area contributed by atoms with Crippen LogP contribution in [0.25, 0.3) is 0 Å². The van der Waals surface area contributed by atoms with E-state index in [2.05, 4.69) is 34.3 Å². The molecule has 0 aromatic carbocycles. The minimum absolute atomic E-state index is 0.676. The van der Waals surface area contributed by atoms with E-state index in [9.17, 15) is 5.11 Å². The topological polar surface area (TPSA) is 20.2 Å². The van der Waals surface area contributed by atoms with E-state index < -0.39 is 5.60 Å². The molecular weight excluding hydrogens is 256 g/mol. The van der Waals surface area contributed by atoms with Crippen molar-refractivity contribution in [3.63, 3.8) is 0 Å². The van der Waals surface area contributed by atoms with Gasteiger partial charge >= 0.3 is 0 Å². The van der Waals surface area contributed by atoms with Crippen molar-refractivity contribution in [2.45, 2.75) is 98.0 Å². The molecule has 0 heterocycles. The molecule has 0 bridgehead atoms. The van der Waals surface area contributed by atoms with Gasteiger partial charge in [0.05, 0.1) is 5.60 Å². The second-order valence-electron chi connectivity index (χ2n) is 7.92. The summed E-state index contributed by atoms with van der Waals surface area (Å²) < 4.78 is 0. The maximum Gasteiger partial charge on any atom is 0.0797 e. The van der Waals surface area contributed by atoms with Gasteiger partial charge in [-0.05, 0) is 31.1 Å². The molecule has 0 radical (unpaired) electrons. The summed E-state index contributed by atoms with van der Waals surface area (Å²) in [5, 5.41) is 9.89. The normalized spacial score (nSPS) is 17.5. The average molecular weight is 297 g/mol. The van der Waals surface area contributed by atoms with Gasteiger partial charge in [-0.3, -0.25) is 0 Å². The molecule has 0 amide bonds. The van der Waals surface area contributed by atoms with Crippen molar-refractivity contribution < 1.29 is 5.11 Å². The van der Waals surface area contributed by atoms with Crippen molar-refractivity contribution in [1.29, 1.82) is 0 Å². The lowest BCUT2D eigenvalue weighted by molar-refractivity contribution is 0.0974. The fraction of sp³-hybridized carbons (Fsp3) is 0.900. The molecule has 0 aliphatic heterocycles. The van der Waals surface area contributed by atoms with Crippen LogP contribution in [0.4, 0.5) is 0 Å². The van der Waals surface area contributed by atoms with E-state index in [1.165, 1.54) is 44.9 Å². The first-order chi connectivity index (χ1) is 9.76. The quantitative estimate of drug-likeness (QED) is 0.392. The van der Waals surface area contributed by atoms with Gasteiger partial charge in [0.1, 0.15) is 0 Å². The van der Waals surface area contributed by atoms with E-state index in [-0.39, 0.29) is 0 Å². The molecule has 0 aliphatic carbocycles. The largest absolute Gasteiger partial charge is 0.386 e. The number of rotatable bonds is 13. The lowest BCUT2D eigenvalue weighted by Gasteiger charge is -2.20. The van der Waals surface area contributed by atoms with E-state index in [4.69, 9.17) is 0 Å². The molecule has 0 aromatic heterocycles. The molecule has 0 rings (SSSR count). The SMILES string of the molecule is C=C[C@@](C)(O)CCC[C@@H](C)CCC[C@H](C)CCCC(C)C. The van der Waals surface area contributed by atoms with Crippen LogP contribution in [0.2, 0.25) is 0 Å². The van der Waals surface area contributed by atoms with E-state index in [1.54, 1.807) is 6.08 Å². The van der Waals surface area contributed by atoms with Crippen LogP contribution in [0.3, 0.4) is 0 Å². The van der Waals surface area contributed by atoms with Crippen molar-refractivity contribution in [1.82, 2.24) is 0 Å². The summed E-state index contributed by atoms with van der Waals surface area (Å²) in [5.41, 5.74) is -0.676. The van der Waals surface area contributed by atoms with Crippen molar-refractivity contribution in [3.8, 4) is 0 Å². The fourth-order valence-corrected chi connectivity index (χ4v) is 2.89. The van der Waals surface area contributed by atoms with E-state index in [0.717, 1.165) is 30.6 Å². The zero-order chi connectivity index (χ0) is 16.3. The lowest BCUT2D eigenvalue weighted by Crippen LogP contribution is -2.20. The summed E-state index contributed by atoms with van der Waals surface area (Å²) >= 11 is 0. The van der Waals surface area contributed by atoms with E-state index in [0.29, 0.717) is 0 Å². The van der Waals surface area contributed by atoms with Crippen molar-refractivity contribution in [2.75, 3.05) is 0 Å². The van der Waals surface area contributed by atoms with Gasteiger partial charge in [-0.2, -0.15) is 0 Å². The molecule has 0 unspecified atom stereocenters. The van der Waals surface area contributed by atoms with Crippen LogP contribution >= 0.6 is 0 Å². The van der Waals surface area contributed by atoms with Gasteiger partial charge in [0.2, 0.25) is 0 Å². The Morgan fingerprint density at radius 3 is 1.71 bits per heavy atom. The second kappa shape index (κ2) is 11.3. The average Bonchev–Trinajstić information content (AvgIpc) is 2.38. The first-order valence-electron chi connectivity index (χ1n) is 9.12. The highest BCUT2D eigenvalue weighted by Crippen LogP contribution is 2.23. The number of aliphatic hydroxyl groups is 1. The number of hydrogen-bond acceptors (Lipinski definition) is 1. The van der Waals surface area contributed by atoms with E-state index in [1.807, 2.05) is 6.92 Å². The Kier molecular flexibility index (Phi) is 11.1. The first kappa shape index (κ1) is 20.7. The monoisotopic (exact) mass is 296 g/mol. The molecule has 126 valence electrons. The van der Waals surface area contributed by atoms with Crippen molar-refractivity contribution in [3.05, 3.63) is 12.7 Å². The summed E-state index contributed by atoms with van der Waals surface area (Å²) in [4.78, 5) is 0. The molecular formula is C20H40O. The van der Waals surface area contributed by atoms with Gasteiger partial charge in [0.15, 0.2) is 0 Å². The molecule has 1 heteroatoms. The molecule has 1 nitrogen and oxygen atoms in total. The highest BCUT2D eigenvalue weighted by molar-refractivity contribution is 4.91. The highest BCUT2D eigenvalue weighted by atomic mass is 16.3. The third-order valence-electron chi connectivity index (χ3n) is 4.69. The Labute approximate surface area is 134 Å². The standard InChI is InChI=1S/C20H40O/c1-7-20(6,21)16-10-15-19(5)14-9-13-18(4)12-8-11-17(2)3/h7,17-19,21H,1,8-16H2,2-6H3/t18-,19+,20-/m1/s1. The summed E-state index contributed by atoms with van der Waals surface area (Å²) in [7, 11) is 0. The minimum Gasteiger partial charge on any atom is -0.386 e. The first-order valence-corrected chi connectivity index (χ1v) is 9.12.